The summed E-state index contributed by atoms with van der Waals surface area (Å²) >= 11 is 4.92. The molecule has 1 fully saturated rings. The number of hydrogen-bond donors (Lipinski definition) is 2. The van der Waals surface area contributed by atoms with E-state index in [9.17, 15) is 0 Å². The second-order valence-corrected chi connectivity index (χ2v) is 5.52. The number of anilines is 1. The van der Waals surface area contributed by atoms with Gasteiger partial charge in [-0.3, -0.25) is 0 Å². The van der Waals surface area contributed by atoms with Crippen LogP contribution in [0.15, 0.2) is 12.3 Å². The van der Waals surface area contributed by atoms with E-state index in [1.807, 2.05) is 0 Å². The summed E-state index contributed by atoms with van der Waals surface area (Å²) in [5.41, 5.74) is 6.20. The standard InChI is InChI=1S/C13H20N4S/c1-9-3-2-4-10(6-5-9)16-13-15-8-7-11(17-13)12(14)18/h7-10H,2-6H2,1H3,(H2,14,18)(H,15,16,17). The first-order chi connectivity index (χ1) is 8.65. The molecule has 1 aromatic heterocycles. The van der Waals surface area contributed by atoms with Gasteiger partial charge in [-0.15, -0.1) is 0 Å². The summed E-state index contributed by atoms with van der Waals surface area (Å²) in [5.74, 6) is 1.47. The Kier molecular flexibility index (Phi) is 4.47. The van der Waals surface area contributed by atoms with Gasteiger partial charge < -0.3 is 11.1 Å². The van der Waals surface area contributed by atoms with Crippen LogP contribution in [0.5, 0.6) is 0 Å². The summed E-state index contributed by atoms with van der Waals surface area (Å²) in [4.78, 5) is 8.87. The minimum atomic E-state index is 0.315. The first kappa shape index (κ1) is 13.2. The van der Waals surface area contributed by atoms with Crippen molar-refractivity contribution in [3.05, 3.63) is 18.0 Å². The maximum atomic E-state index is 5.57. The molecule has 0 aliphatic heterocycles. The van der Waals surface area contributed by atoms with Gasteiger partial charge in [0.1, 0.15) is 10.7 Å². The molecule has 0 bridgehead atoms. The van der Waals surface area contributed by atoms with Gasteiger partial charge in [0.05, 0.1) is 0 Å². The predicted octanol–water partition coefficient (Wildman–Crippen LogP) is 2.49. The van der Waals surface area contributed by atoms with Crippen LogP contribution in [0.25, 0.3) is 0 Å². The number of thiocarbonyl (C=S) groups is 1. The van der Waals surface area contributed by atoms with Gasteiger partial charge in [0.2, 0.25) is 5.95 Å². The quantitative estimate of drug-likeness (QED) is 0.648. The van der Waals surface area contributed by atoms with Gasteiger partial charge in [-0.1, -0.05) is 32.0 Å². The lowest BCUT2D eigenvalue weighted by molar-refractivity contribution is 0.501. The van der Waals surface area contributed by atoms with Crippen LogP contribution >= 0.6 is 12.2 Å². The van der Waals surface area contributed by atoms with E-state index in [4.69, 9.17) is 18.0 Å². The third-order valence-corrected chi connectivity index (χ3v) is 3.71. The Labute approximate surface area is 113 Å². The molecule has 2 rings (SSSR count). The van der Waals surface area contributed by atoms with Gasteiger partial charge in [0.15, 0.2) is 0 Å². The van der Waals surface area contributed by atoms with E-state index in [0.29, 0.717) is 22.7 Å². The smallest absolute Gasteiger partial charge is 0.223 e. The van der Waals surface area contributed by atoms with Gasteiger partial charge in [-0.05, 0) is 31.2 Å². The van der Waals surface area contributed by atoms with E-state index in [1.165, 1.54) is 32.1 Å². The Balaban J connectivity index is 2.00. The average molecular weight is 264 g/mol. The zero-order valence-electron chi connectivity index (χ0n) is 10.7. The van der Waals surface area contributed by atoms with Gasteiger partial charge in [0, 0.05) is 12.2 Å². The molecule has 2 unspecified atom stereocenters. The summed E-state index contributed by atoms with van der Waals surface area (Å²) < 4.78 is 0. The molecule has 2 atom stereocenters. The van der Waals surface area contributed by atoms with Crippen molar-refractivity contribution < 1.29 is 0 Å². The fourth-order valence-corrected chi connectivity index (χ4v) is 2.49. The second kappa shape index (κ2) is 6.09. The molecule has 18 heavy (non-hydrogen) atoms. The molecule has 0 radical (unpaired) electrons. The second-order valence-electron chi connectivity index (χ2n) is 5.08. The Hall–Kier alpha value is -1.23. The Bertz CT molecular complexity index is 421. The highest BCUT2D eigenvalue weighted by molar-refractivity contribution is 7.80. The Morgan fingerprint density at radius 1 is 1.39 bits per heavy atom. The fourth-order valence-electron chi connectivity index (χ4n) is 2.38. The van der Waals surface area contributed by atoms with Crippen LogP contribution in [0.3, 0.4) is 0 Å². The molecule has 0 saturated heterocycles. The first-order valence-electron chi connectivity index (χ1n) is 6.54. The molecule has 0 spiro atoms. The zero-order chi connectivity index (χ0) is 13.0. The van der Waals surface area contributed by atoms with Crippen LogP contribution in [-0.2, 0) is 0 Å². The molecule has 4 nitrogen and oxygen atoms in total. The van der Waals surface area contributed by atoms with Crippen molar-refractivity contribution in [2.45, 2.75) is 45.1 Å². The molecule has 1 saturated carbocycles. The van der Waals surface area contributed by atoms with Crippen molar-refractivity contribution in [2.24, 2.45) is 11.7 Å². The van der Waals surface area contributed by atoms with Crippen molar-refractivity contribution in [3.8, 4) is 0 Å². The minimum absolute atomic E-state index is 0.315. The van der Waals surface area contributed by atoms with Crippen molar-refractivity contribution in [3.63, 3.8) is 0 Å². The number of nitrogens with two attached hydrogens (primary N) is 1. The molecule has 1 heterocycles. The van der Waals surface area contributed by atoms with Crippen LogP contribution in [0.2, 0.25) is 0 Å². The molecule has 0 amide bonds. The molecule has 1 aromatic rings. The summed E-state index contributed by atoms with van der Waals surface area (Å²) in [5, 5.41) is 3.40. The van der Waals surface area contributed by atoms with Gasteiger partial charge in [-0.25, -0.2) is 9.97 Å². The topological polar surface area (TPSA) is 63.8 Å². The van der Waals surface area contributed by atoms with Gasteiger partial charge in [-0.2, -0.15) is 0 Å². The molecule has 0 aromatic carbocycles. The van der Waals surface area contributed by atoms with Crippen LogP contribution in [0.4, 0.5) is 5.95 Å². The predicted molar refractivity (Wildman–Crippen MR) is 77.6 cm³/mol. The van der Waals surface area contributed by atoms with Crippen molar-refractivity contribution in [1.82, 2.24) is 9.97 Å². The van der Waals surface area contributed by atoms with E-state index in [-0.39, 0.29) is 0 Å². The summed E-state index contributed by atoms with van der Waals surface area (Å²) in [6, 6.07) is 2.21. The zero-order valence-corrected chi connectivity index (χ0v) is 11.5. The van der Waals surface area contributed by atoms with E-state index in [0.717, 1.165) is 5.92 Å². The molecular formula is C13H20N4S. The van der Waals surface area contributed by atoms with Crippen molar-refractivity contribution >= 4 is 23.2 Å². The summed E-state index contributed by atoms with van der Waals surface area (Å²) in [6.45, 7) is 2.33. The first-order valence-corrected chi connectivity index (χ1v) is 6.95. The third-order valence-electron chi connectivity index (χ3n) is 3.50. The SMILES string of the molecule is CC1CCCC(Nc2nccc(C(N)=S)n2)CC1. The van der Waals surface area contributed by atoms with Gasteiger partial charge >= 0.3 is 0 Å². The number of rotatable bonds is 3. The summed E-state index contributed by atoms with van der Waals surface area (Å²) in [6.07, 6.45) is 7.93. The van der Waals surface area contributed by atoms with Crippen molar-refractivity contribution in [1.29, 1.82) is 0 Å². The largest absolute Gasteiger partial charge is 0.388 e. The molecular weight excluding hydrogens is 244 g/mol. The normalized spacial score (nSPS) is 24.3. The van der Waals surface area contributed by atoms with Gasteiger partial charge in [0.25, 0.3) is 0 Å². The highest BCUT2D eigenvalue weighted by Gasteiger charge is 2.16. The van der Waals surface area contributed by atoms with E-state index in [2.05, 4.69) is 22.2 Å². The molecule has 5 heteroatoms. The summed E-state index contributed by atoms with van der Waals surface area (Å²) in [7, 11) is 0. The lowest BCUT2D eigenvalue weighted by atomic mass is 10.0. The van der Waals surface area contributed by atoms with Crippen molar-refractivity contribution in [2.75, 3.05) is 5.32 Å². The Morgan fingerprint density at radius 2 is 2.22 bits per heavy atom. The maximum Gasteiger partial charge on any atom is 0.223 e. The average Bonchev–Trinajstić information content (AvgIpc) is 2.55. The molecule has 98 valence electrons. The van der Waals surface area contributed by atoms with E-state index in [1.54, 1.807) is 12.3 Å². The van der Waals surface area contributed by atoms with E-state index < -0.39 is 0 Å². The highest BCUT2D eigenvalue weighted by Crippen LogP contribution is 2.24. The highest BCUT2D eigenvalue weighted by atomic mass is 32.1. The number of aromatic nitrogens is 2. The molecule has 1 aliphatic rings. The lowest BCUT2D eigenvalue weighted by Crippen LogP contribution is -2.21. The number of nitrogens with zero attached hydrogens (tertiary/aromatic N) is 2. The fraction of sp³-hybridized carbons (Fsp3) is 0.615. The maximum absolute atomic E-state index is 5.57. The van der Waals surface area contributed by atoms with Crippen LogP contribution < -0.4 is 11.1 Å². The minimum Gasteiger partial charge on any atom is -0.388 e. The number of nitrogens with one attached hydrogen (secondary N) is 1. The van der Waals surface area contributed by atoms with Crippen LogP contribution in [-0.4, -0.2) is 21.0 Å². The third kappa shape index (κ3) is 3.63. The Morgan fingerprint density at radius 3 is 3.00 bits per heavy atom. The lowest BCUT2D eigenvalue weighted by Gasteiger charge is -2.16. The van der Waals surface area contributed by atoms with Crippen LogP contribution in [0, 0.1) is 5.92 Å². The molecule has 1 aliphatic carbocycles. The van der Waals surface area contributed by atoms with Crippen LogP contribution in [0.1, 0.15) is 44.7 Å². The number of hydrogen-bond acceptors (Lipinski definition) is 4. The van der Waals surface area contributed by atoms with E-state index >= 15 is 0 Å². The monoisotopic (exact) mass is 264 g/mol. The molecule has 3 N–H and O–H groups in total.